The lowest BCUT2D eigenvalue weighted by Gasteiger charge is -2.39. The third kappa shape index (κ3) is 27.6. The van der Waals surface area contributed by atoms with Gasteiger partial charge in [-0.3, -0.25) is 0 Å². The van der Waals surface area contributed by atoms with Crippen molar-refractivity contribution in [1.82, 2.24) is 0 Å². The zero-order valence-corrected chi connectivity index (χ0v) is 28.1. The summed E-state index contributed by atoms with van der Waals surface area (Å²) in [6.07, 6.45) is 38.5. The van der Waals surface area contributed by atoms with Crippen molar-refractivity contribution >= 4 is 5.97 Å². The van der Waals surface area contributed by atoms with Gasteiger partial charge in [0.1, 0.15) is 0 Å². The lowest BCUT2D eigenvalue weighted by molar-refractivity contribution is -0.929. The van der Waals surface area contributed by atoms with Gasteiger partial charge in [-0.05, 0) is 64.2 Å². The first-order chi connectivity index (χ1) is 19.6. The van der Waals surface area contributed by atoms with E-state index < -0.39 is 5.97 Å². The molecule has 0 aliphatic heterocycles. The number of carboxylic acid groups (broad SMARTS) is 1. The number of hydrogen-bond donors (Lipinski definition) is 0. The monoisotopic (exact) mass is 566 g/mol. The van der Waals surface area contributed by atoms with Crippen LogP contribution in [0.1, 0.15) is 207 Å². The van der Waals surface area contributed by atoms with Crippen molar-refractivity contribution in [1.29, 1.82) is 0 Å². The highest BCUT2D eigenvalue weighted by Crippen LogP contribution is 2.20. The number of nitrogens with zero attached hydrogens (tertiary/aromatic N) is 1. The molecule has 0 saturated carbocycles. The van der Waals surface area contributed by atoms with Crippen LogP contribution in [0, 0.1) is 0 Å². The molecule has 240 valence electrons. The van der Waals surface area contributed by atoms with Crippen molar-refractivity contribution in [2.24, 2.45) is 0 Å². The Hall–Kier alpha value is -0.570. The number of carboxylic acids is 1. The molecule has 0 amide bonds. The second-order valence-electron chi connectivity index (χ2n) is 13.2. The number of carbonyl (C=O) groups excluding carboxylic acids is 1. The van der Waals surface area contributed by atoms with Gasteiger partial charge in [0, 0.05) is 5.97 Å². The number of hydrogen-bond acceptors (Lipinski definition) is 2. The van der Waals surface area contributed by atoms with Gasteiger partial charge >= 0.3 is 0 Å². The van der Waals surface area contributed by atoms with Crippen LogP contribution in [0.15, 0.2) is 0 Å². The average Bonchev–Trinajstić information content (AvgIpc) is 2.95. The van der Waals surface area contributed by atoms with E-state index in [1.807, 2.05) is 0 Å². The van der Waals surface area contributed by atoms with Crippen molar-refractivity contribution in [2.75, 3.05) is 26.2 Å². The van der Waals surface area contributed by atoms with Gasteiger partial charge in [-0.2, -0.15) is 0 Å². The summed E-state index contributed by atoms with van der Waals surface area (Å²) in [6.45, 7) is 12.8. The second-order valence-corrected chi connectivity index (χ2v) is 13.2. The fourth-order valence-electron chi connectivity index (χ4n) is 6.48. The van der Waals surface area contributed by atoms with Gasteiger partial charge in [0.15, 0.2) is 0 Å². The predicted molar refractivity (Wildman–Crippen MR) is 176 cm³/mol. The fourth-order valence-corrected chi connectivity index (χ4v) is 6.48. The summed E-state index contributed by atoms with van der Waals surface area (Å²) < 4.78 is 1.44. The highest BCUT2D eigenvalue weighted by molar-refractivity contribution is 5.64. The molecule has 0 radical (unpaired) electrons. The molecule has 0 aromatic rings. The largest absolute Gasteiger partial charge is 0.550 e. The molecule has 40 heavy (non-hydrogen) atoms. The summed E-state index contributed by atoms with van der Waals surface area (Å²) in [5.41, 5.74) is 0. The molecule has 0 unspecified atom stereocenters. The zero-order chi connectivity index (χ0) is 29.4. The van der Waals surface area contributed by atoms with Crippen molar-refractivity contribution in [3.05, 3.63) is 0 Å². The molecular formula is C37H75NO2. The van der Waals surface area contributed by atoms with E-state index in [2.05, 4.69) is 20.8 Å². The Morgan fingerprint density at radius 2 is 0.600 bits per heavy atom. The summed E-state index contributed by atoms with van der Waals surface area (Å²) in [7, 11) is 0. The van der Waals surface area contributed by atoms with Crippen LogP contribution in [0.25, 0.3) is 0 Å². The summed E-state index contributed by atoms with van der Waals surface area (Å²) in [6, 6.07) is 0. The molecule has 0 aromatic carbocycles. The van der Waals surface area contributed by atoms with E-state index in [9.17, 15) is 9.90 Å². The zero-order valence-electron chi connectivity index (χ0n) is 28.1. The summed E-state index contributed by atoms with van der Waals surface area (Å²) in [5, 5.41) is 10.4. The maximum Gasteiger partial charge on any atom is 0.0786 e. The molecule has 0 rings (SSSR count). The highest BCUT2D eigenvalue weighted by Gasteiger charge is 2.25. The first-order valence-electron chi connectivity index (χ1n) is 18.6. The number of unbranched alkanes of at least 4 members (excludes halogenated alkanes) is 24. The van der Waals surface area contributed by atoms with Crippen LogP contribution >= 0.6 is 0 Å². The van der Waals surface area contributed by atoms with E-state index in [0.717, 1.165) is 12.8 Å². The van der Waals surface area contributed by atoms with E-state index in [4.69, 9.17) is 0 Å². The molecule has 0 saturated heterocycles. The Kier molecular flexibility index (Phi) is 30.9. The molecule has 0 atom stereocenters. The molecule has 3 heteroatoms. The van der Waals surface area contributed by atoms with Gasteiger partial charge in [-0.15, -0.1) is 0 Å². The first kappa shape index (κ1) is 39.4. The van der Waals surface area contributed by atoms with E-state index in [0.29, 0.717) is 0 Å². The molecule has 0 aliphatic carbocycles. The third-order valence-corrected chi connectivity index (χ3v) is 9.22. The SMILES string of the molecule is CCCCCC[N+](CCCCCC)(CCCCCC)CCCCCCCCCCCCCCCCCCC(=O)[O-]. The smallest absolute Gasteiger partial charge is 0.0786 e. The van der Waals surface area contributed by atoms with Gasteiger partial charge in [0.2, 0.25) is 0 Å². The molecule has 0 fully saturated rings. The molecule has 0 N–H and O–H groups in total. The molecule has 0 bridgehead atoms. The number of quaternary nitrogens is 1. The van der Waals surface area contributed by atoms with Crippen LogP contribution in [-0.4, -0.2) is 36.6 Å². The first-order valence-corrected chi connectivity index (χ1v) is 18.6. The molecule has 3 nitrogen and oxygen atoms in total. The number of aliphatic carboxylic acids is 1. The van der Waals surface area contributed by atoms with Gasteiger partial charge in [-0.1, -0.05) is 143 Å². The Morgan fingerprint density at radius 3 is 0.850 bits per heavy atom. The number of carbonyl (C=O) groups is 1. The maximum atomic E-state index is 10.4. The van der Waals surface area contributed by atoms with E-state index in [1.54, 1.807) is 0 Å². The van der Waals surface area contributed by atoms with Crippen LogP contribution in [-0.2, 0) is 4.79 Å². The summed E-state index contributed by atoms with van der Waals surface area (Å²) >= 11 is 0. The quantitative estimate of drug-likeness (QED) is 0.0575. The van der Waals surface area contributed by atoms with Gasteiger partial charge in [0.25, 0.3) is 0 Å². The van der Waals surface area contributed by atoms with Crippen LogP contribution in [0.2, 0.25) is 0 Å². The Balaban J connectivity index is 4.02. The molecule has 0 aliphatic rings. The Labute approximate surface area is 253 Å². The minimum atomic E-state index is -0.897. The molecule has 0 heterocycles. The second kappa shape index (κ2) is 31.4. The van der Waals surface area contributed by atoms with Crippen molar-refractivity contribution in [3.63, 3.8) is 0 Å². The number of rotatable bonds is 34. The van der Waals surface area contributed by atoms with E-state index in [-0.39, 0.29) is 6.42 Å². The van der Waals surface area contributed by atoms with Gasteiger partial charge in [-0.25, -0.2) is 0 Å². The summed E-state index contributed by atoms with van der Waals surface area (Å²) in [5.74, 6) is -0.897. The van der Waals surface area contributed by atoms with Crippen LogP contribution in [0.4, 0.5) is 0 Å². The average molecular weight is 566 g/mol. The van der Waals surface area contributed by atoms with Gasteiger partial charge < -0.3 is 14.4 Å². The van der Waals surface area contributed by atoms with Crippen molar-refractivity contribution < 1.29 is 14.4 Å². The Bertz CT molecular complexity index is 475. The van der Waals surface area contributed by atoms with Gasteiger partial charge in [0.05, 0.1) is 26.2 Å². The van der Waals surface area contributed by atoms with E-state index in [1.165, 1.54) is 198 Å². The fraction of sp³-hybridized carbons (Fsp3) is 0.973. The minimum Gasteiger partial charge on any atom is -0.550 e. The van der Waals surface area contributed by atoms with Crippen LogP contribution in [0.3, 0.4) is 0 Å². The Morgan fingerprint density at radius 1 is 0.375 bits per heavy atom. The van der Waals surface area contributed by atoms with Crippen molar-refractivity contribution in [3.8, 4) is 0 Å². The minimum absolute atomic E-state index is 0.234. The molecular weight excluding hydrogens is 490 g/mol. The van der Waals surface area contributed by atoms with Crippen LogP contribution < -0.4 is 5.11 Å². The maximum absolute atomic E-state index is 10.4. The van der Waals surface area contributed by atoms with E-state index >= 15 is 0 Å². The third-order valence-electron chi connectivity index (χ3n) is 9.22. The van der Waals surface area contributed by atoms with Crippen LogP contribution in [0.5, 0.6) is 0 Å². The predicted octanol–water partition coefficient (Wildman–Crippen LogP) is 10.9. The normalized spacial score (nSPS) is 11.9. The molecule has 0 aromatic heterocycles. The highest BCUT2D eigenvalue weighted by atomic mass is 16.4. The summed E-state index contributed by atoms with van der Waals surface area (Å²) in [4.78, 5) is 10.4. The standard InChI is InChI=1S/C37H75NO2/c1-4-7-10-28-33-38(34-29-11-8-5-2,35-30-12-9-6-3)36-31-26-24-22-20-18-16-14-13-15-17-19-21-23-25-27-32-37(39)40/h4-36H2,1-3H3. The lowest BCUT2D eigenvalue weighted by Crippen LogP contribution is -2.50. The van der Waals surface area contributed by atoms with Crippen molar-refractivity contribution in [2.45, 2.75) is 207 Å². The lowest BCUT2D eigenvalue weighted by atomic mass is 10.0. The molecule has 0 spiro atoms. The topological polar surface area (TPSA) is 40.1 Å².